The Hall–Kier alpha value is -1.69. The summed E-state index contributed by atoms with van der Waals surface area (Å²) in [5, 5.41) is 6.28. The minimum Gasteiger partial charge on any atom is -0.361 e. The van der Waals surface area contributed by atoms with Gasteiger partial charge in [-0.15, -0.1) is 0 Å². The third-order valence-corrected chi connectivity index (χ3v) is 2.98. The average Bonchev–Trinajstić information content (AvgIpc) is 2.46. The highest BCUT2D eigenvalue weighted by molar-refractivity contribution is 5.80. The minimum absolute atomic E-state index is 0.119. The first-order valence-corrected chi connectivity index (χ1v) is 6.33. The van der Waals surface area contributed by atoms with Crippen molar-refractivity contribution in [3.05, 3.63) is 18.1 Å². The Morgan fingerprint density at radius 3 is 2.94 bits per heavy atom. The molecule has 0 unspecified atom stereocenters. The van der Waals surface area contributed by atoms with Gasteiger partial charge in [-0.2, -0.15) is 0 Å². The summed E-state index contributed by atoms with van der Waals surface area (Å²) in [5.74, 6) is 0.832. The Morgan fingerprint density at radius 2 is 2.22 bits per heavy atom. The molecule has 1 aromatic heterocycles. The fourth-order valence-corrected chi connectivity index (χ4v) is 1.88. The molecule has 2 rings (SSSR count). The summed E-state index contributed by atoms with van der Waals surface area (Å²) in [4.78, 5) is 22.0. The van der Waals surface area contributed by atoms with Gasteiger partial charge < -0.3 is 15.5 Å². The van der Waals surface area contributed by atoms with Crippen LogP contribution in [0.3, 0.4) is 0 Å². The van der Waals surface area contributed by atoms with Gasteiger partial charge in [0.05, 0.1) is 6.54 Å². The maximum atomic E-state index is 11.9. The molecule has 0 saturated carbocycles. The number of aromatic nitrogens is 2. The van der Waals surface area contributed by atoms with Crippen LogP contribution in [0.4, 0.5) is 5.82 Å². The van der Waals surface area contributed by atoms with Crippen molar-refractivity contribution >= 4 is 11.7 Å². The topological polar surface area (TPSA) is 70.2 Å². The van der Waals surface area contributed by atoms with E-state index in [2.05, 4.69) is 20.6 Å². The summed E-state index contributed by atoms with van der Waals surface area (Å²) < 4.78 is 0. The minimum atomic E-state index is 0.119. The number of piperazine rings is 1. The van der Waals surface area contributed by atoms with Crippen LogP contribution in [0.15, 0.2) is 12.4 Å². The second-order valence-corrected chi connectivity index (χ2v) is 4.23. The molecule has 6 heteroatoms. The van der Waals surface area contributed by atoms with E-state index >= 15 is 0 Å². The number of carbonyl (C=O) groups is 1. The third-order valence-electron chi connectivity index (χ3n) is 2.98. The van der Waals surface area contributed by atoms with Crippen LogP contribution < -0.4 is 10.6 Å². The molecule has 6 nitrogen and oxygen atoms in total. The predicted octanol–water partition coefficient (Wildman–Crippen LogP) is -0.117. The van der Waals surface area contributed by atoms with Gasteiger partial charge in [0, 0.05) is 37.9 Å². The first-order valence-electron chi connectivity index (χ1n) is 6.33. The summed E-state index contributed by atoms with van der Waals surface area (Å²) in [5.41, 5.74) is 0.974. The Morgan fingerprint density at radius 1 is 1.44 bits per heavy atom. The van der Waals surface area contributed by atoms with Gasteiger partial charge in [0.25, 0.3) is 0 Å². The molecule has 1 fully saturated rings. The molecule has 18 heavy (non-hydrogen) atoms. The van der Waals surface area contributed by atoms with Gasteiger partial charge in [0.2, 0.25) is 5.91 Å². The number of nitrogens with one attached hydrogen (secondary N) is 2. The third kappa shape index (κ3) is 3.40. The normalized spacial score (nSPS) is 15.5. The molecule has 2 heterocycles. The van der Waals surface area contributed by atoms with Crippen LogP contribution >= 0.6 is 0 Å². The molecule has 0 atom stereocenters. The number of amides is 1. The molecule has 1 saturated heterocycles. The Bertz CT molecular complexity index is 403. The lowest BCUT2D eigenvalue weighted by Crippen LogP contribution is -2.48. The summed E-state index contributed by atoms with van der Waals surface area (Å²) >= 11 is 0. The van der Waals surface area contributed by atoms with E-state index < -0.39 is 0 Å². The summed E-state index contributed by atoms with van der Waals surface area (Å²) in [6.07, 6.45) is 2.39. The van der Waals surface area contributed by atoms with Gasteiger partial charge in [-0.1, -0.05) is 6.92 Å². The van der Waals surface area contributed by atoms with Gasteiger partial charge in [0.15, 0.2) is 0 Å². The lowest BCUT2D eigenvalue weighted by atomic mass is 10.3. The molecule has 0 radical (unpaired) electrons. The van der Waals surface area contributed by atoms with Gasteiger partial charge in [-0.25, -0.2) is 9.97 Å². The molecular weight excluding hydrogens is 230 g/mol. The van der Waals surface area contributed by atoms with Crippen LogP contribution in [-0.4, -0.2) is 53.5 Å². The zero-order chi connectivity index (χ0) is 12.8. The van der Waals surface area contributed by atoms with Crippen LogP contribution in [0.5, 0.6) is 0 Å². The first kappa shape index (κ1) is 12.8. The molecule has 1 amide bonds. The van der Waals surface area contributed by atoms with Gasteiger partial charge >= 0.3 is 0 Å². The summed E-state index contributed by atoms with van der Waals surface area (Å²) in [7, 11) is 0. The zero-order valence-electron chi connectivity index (χ0n) is 10.6. The van der Waals surface area contributed by atoms with E-state index in [0.717, 1.165) is 38.3 Å². The molecule has 0 aliphatic carbocycles. The first-order chi connectivity index (χ1) is 8.79. The summed E-state index contributed by atoms with van der Waals surface area (Å²) in [6, 6.07) is 1.88. The Balaban J connectivity index is 1.84. The fourth-order valence-electron chi connectivity index (χ4n) is 1.88. The highest BCUT2D eigenvalue weighted by atomic mass is 16.2. The molecule has 0 spiro atoms. The number of carbonyl (C=O) groups excluding carboxylic acids is 1. The van der Waals surface area contributed by atoms with E-state index in [1.54, 1.807) is 0 Å². The fraction of sp³-hybridized carbons (Fsp3) is 0.583. The van der Waals surface area contributed by atoms with Gasteiger partial charge in [0.1, 0.15) is 12.1 Å². The maximum absolute atomic E-state index is 11.9. The van der Waals surface area contributed by atoms with Gasteiger partial charge in [-0.3, -0.25) is 4.79 Å². The zero-order valence-corrected chi connectivity index (χ0v) is 10.6. The van der Waals surface area contributed by atoms with E-state index in [-0.39, 0.29) is 5.91 Å². The van der Waals surface area contributed by atoms with Crippen LogP contribution in [0.2, 0.25) is 0 Å². The lowest BCUT2D eigenvalue weighted by molar-refractivity contribution is -0.129. The highest BCUT2D eigenvalue weighted by Gasteiger charge is 2.15. The van der Waals surface area contributed by atoms with E-state index in [4.69, 9.17) is 0 Å². The van der Waals surface area contributed by atoms with Crippen molar-refractivity contribution in [1.29, 1.82) is 0 Å². The second-order valence-electron chi connectivity index (χ2n) is 4.23. The number of hydrogen-bond acceptors (Lipinski definition) is 5. The smallest absolute Gasteiger partial charge is 0.242 e. The predicted molar refractivity (Wildman–Crippen MR) is 69.3 cm³/mol. The largest absolute Gasteiger partial charge is 0.361 e. The maximum Gasteiger partial charge on any atom is 0.242 e. The molecular formula is C12H19N5O. The van der Waals surface area contributed by atoms with Gasteiger partial charge in [-0.05, 0) is 6.42 Å². The van der Waals surface area contributed by atoms with E-state index in [9.17, 15) is 4.79 Å². The van der Waals surface area contributed by atoms with Crippen molar-refractivity contribution in [2.45, 2.75) is 13.3 Å². The van der Waals surface area contributed by atoms with Crippen molar-refractivity contribution in [2.24, 2.45) is 0 Å². The van der Waals surface area contributed by atoms with E-state index in [1.165, 1.54) is 6.33 Å². The molecule has 98 valence electrons. The van der Waals surface area contributed by atoms with Crippen LogP contribution in [0, 0.1) is 0 Å². The average molecular weight is 249 g/mol. The SMILES string of the molecule is CCc1cc(NCC(=O)N2CCNCC2)ncn1. The van der Waals surface area contributed by atoms with Crippen molar-refractivity contribution < 1.29 is 4.79 Å². The number of anilines is 1. The van der Waals surface area contributed by atoms with Crippen molar-refractivity contribution in [1.82, 2.24) is 20.2 Å². The second kappa shape index (κ2) is 6.30. The van der Waals surface area contributed by atoms with E-state index in [1.807, 2.05) is 17.9 Å². The quantitative estimate of drug-likeness (QED) is 0.778. The summed E-state index contributed by atoms with van der Waals surface area (Å²) in [6.45, 7) is 5.64. The molecule has 1 aliphatic heterocycles. The molecule has 0 bridgehead atoms. The standard InChI is InChI=1S/C12H19N5O/c1-2-10-7-11(16-9-15-10)14-8-12(18)17-5-3-13-4-6-17/h7,9,13H,2-6,8H2,1H3,(H,14,15,16). The lowest BCUT2D eigenvalue weighted by Gasteiger charge is -2.27. The molecule has 0 aromatic carbocycles. The number of nitrogens with zero attached hydrogens (tertiary/aromatic N) is 3. The van der Waals surface area contributed by atoms with Crippen molar-refractivity contribution in [3.63, 3.8) is 0 Å². The number of aryl methyl sites for hydroxylation is 1. The highest BCUT2D eigenvalue weighted by Crippen LogP contribution is 2.04. The van der Waals surface area contributed by atoms with Crippen LogP contribution in [-0.2, 0) is 11.2 Å². The molecule has 1 aliphatic rings. The van der Waals surface area contributed by atoms with Crippen molar-refractivity contribution in [2.75, 3.05) is 38.0 Å². The molecule has 1 aromatic rings. The Kier molecular flexibility index (Phi) is 4.46. The van der Waals surface area contributed by atoms with Crippen LogP contribution in [0.25, 0.3) is 0 Å². The van der Waals surface area contributed by atoms with E-state index in [0.29, 0.717) is 12.4 Å². The van der Waals surface area contributed by atoms with Crippen molar-refractivity contribution in [3.8, 4) is 0 Å². The molecule has 2 N–H and O–H groups in total. The van der Waals surface area contributed by atoms with Crippen LogP contribution in [0.1, 0.15) is 12.6 Å². The number of hydrogen-bond donors (Lipinski definition) is 2. The number of rotatable bonds is 4. The Labute approximate surface area is 107 Å². The monoisotopic (exact) mass is 249 g/mol.